The number of ketones is 1. The van der Waals surface area contributed by atoms with Gasteiger partial charge in [0.2, 0.25) is 5.91 Å². The van der Waals surface area contributed by atoms with E-state index in [9.17, 15) is 14.0 Å². The summed E-state index contributed by atoms with van der Waals surface area (Å²) in [5.41, 5.74) is 0.313. The predicted octanol–water partition coefficient (Wildman–Crippen LogP) is 2.15. The van der Waals surface area contributed by atoms with Crippen molar-refractivity contribution in [1.29, 1.82) is 0 Å². The molecule has 1 aliphatic heterocycles. The van der Waals surface area contributed by atoms with Gasteiger partial charge in [0.1, 0.15) is 5.82 Å². The van der Waals surface area contributed by atoms with E-state index < -0.39 is 11.7 Å². The molecule has 1 saturated heterocycles. The van der Waals surface area contributed by atoms with Crippen molar-refractivity contribution in [2.75, 3.05) is 13.1 Å². The molecule has 0 radical (unpaired) electrons. The first-order chi connectivity index (χ1) is 10.5. The van der Waals surface area contributed by atoms with E-state index in [-0.39, 0.29) is 24.2 Å². The number of Topliss-reactive ketones (excluding diaryl/α,β-unsaturated/α-hetero) is 1. The van der Waals surface area contributed by atoms with E-state index in [4.69, 9.17) is 0 Å². The highest BCUT2D eigenvalue weighted by molar-refractivity contribution is 5.99. The van der Waals surface area contributed by atoms with Gasteiger partial charge in [0.05, 0.1) is 0 Å². The zero-order valence-corrected chi connectivity index (χ0v) is 13.1. The van der Waals surface area contributed by atoms with Crippen molar-refractivity contribution in [3.63, 3.8) is 0 Å². The van der Waals surface area contributed by atoms with E-state index >= 15 is 0 Å². The first-order valence-electron chi connectivity index (χ1n) is 7.77. The minimum atomic E-state index is -0.464. The second kappa shape index (κ2) is 7.49. The molecule has 0 saturated carbocycles. The van der Waals surface area contributed by atoms with Crippen LogP contribution in [0.2, 0.25) is 0 Å². The van der Waals surface area contributed by atoms with Crippen molar-refractivity contribution in [3.8, 4) is 0 Å². The minimum Gasteiger partial charge on any atom is -0.352 e. The number of halogens is 1. The Morgan fingerprint density at radius 2 is 2.23 bits per heavy atom. The molecule has 22 heavy (non-hydrogen) atoms. The number of hydrogen-bond donors (Lipinski definition) is 2. The molecule has 1 fully saturated rings. The number of benzene rings is 1. The van der Waals surface area contributed by atoms with Crippen LogP contribution in [-0.2, 0) is 4.79 Å². The second-order valence-corrected chi connectivity index (χ2v) is 6.12. The van der Waals surface area contributed by atoms with Crippen molar-refractivity contribution >= 4 is 11.7 Å². The number of rotatable bonds is 5. The van der Waals surface area contributed by atoms with Crippen LogP contribution in [0.15, 0.2) is 24.3 Å². The molecule has 1 amide bonds. The Morgan fingerprint density at radius 1 is 1.45 bits per heavy atom. The summed E-state index contributed by atoms with van der Waals surface area (Å²) in [4.78, 5) is 24.3. The summed E-state index contributed by atoms with van der Waals surface area (Å²) in [6.07, 6.45) is 1.15. The standard InChI is InChI=1S/C17H23FN2O2/c1-11-6-7-19-10-15(11)20-16(21)8-12(2)17(22)13-4-3-5-14(18)9-13/h3-5,9,11-12,15,19H,6-8,10H2,1-2H3,(H,20,21). The monoisotopic (exact) mass is 306 g/mol. The summed E-state index contributed by atoms with van der Waals surface area (Å²) in [5, 5.41) is 6.24. The van der Waals surface area contributed by atoms with E-state index in [2.05, 4.69) is 17.6 Å². The molecule has 0 bridgehead atoms. The third-order valence-corrected chi connectivity index (χ3v) is 4.22. The van der Waals surface area contributed by atoms with Crippen molar-refractivity contribution in [2.24, 2.45) is 11.8 Å². The van der Waals surface area contributed by atoms with Crippen LogP contribution in [0, 0.1) is 17.7 Å². The minimum absolute atomic E-state index is 0.109. The Hall–Kier alpha value is -1.75. The third-order valence-electron chi connectivity index (χ3n) is 4.22. The SMILES string of the molecule is CC(CC(=O)NC1CNCCC1C)C(=O)c1cccc(F)c1. The van der Waals surface area contributed by atoms with E-state index in [0.29, 0.717) is 11.5 Å². The Kier molecular flexibility index (Phi) is 5.66. The smallest absolute Gasteiger partial charge is 0.220 e. The molecule has 0 aliphatic carbocycles. The maximum Gasteiger partial charge on any atom is 0.220 e. The van der Waals surface area contributed by atoms with E-state index in [1.54, 1.807) is 13.0 Å². The zero-order valence-electron chi connectivity index (χ0n) is 13.1. The molecule has 120 valence electrons. The van der Waals surface area contributed by atoms with Crippen molar-refractivity contribution in [1.82, 2.24) is 10.6 Å². The maximum absolute atomic E-state index is 13.2. The van der Waals surface area contributed by atoms with Crippen LogP contribution in [0.1, 0.15) is 37.0 Å². The summed E-state index contributed by atoms with van der Waals surface area (Å²) in [7, 11) is 0. The molecule has 0 spiro atoms. The molecule has 2 N–H and O–H groups in total. The Balaban J connectivity index is 1.89. The second-order valence-electron chi connectivity index (χ2n) is 6.12. The number of carbonyl (C=O) groups excluding carboxylic acids is 2. The molecule has 4 nitrogen and oxygen atoms in total. The van der Waals surface area contributed by atoms with Gasteiger partial charge in [-0.25, -0.2) is 4.39 Å². The summed E-state index contributed by atoms with van der Waals surface area (Å²) in [6.45, 7) is 5.56. The fourth-order valence-electron chi connectivity index (χ4n) is 2.75. The van der Waals surface area contributed by atoms with Crippen LogP contribution in [-0.4, -0.2) is 30.8 Å². The molecule has 1 heterocycles. The number of carbonyl (C=O) groups is 2. The summed E-state index contributed by atoms with van der Waals surface area (Å²) >= 11 is 0. The lowest BCUT2D eigenvalue weighted by Crippen LogP contribution is -2.50. The average molecular weight is 306 g/mol. The maximum atomic E-state index is 13.2. The van der Waals surface area contributed by atoms with Crippen molar-refractivity contribution in [2.45, 2.75) is 32.7 Å². The molecular weight excluding hydrogens is 283 g/mol. The van der Waals surface area contributed by atoms with Crippen LogP contribution < -0.4 is 10.6 Å². The highest BCUT2D eigenvalue weighted by Crippen LogP contribution is 2.15. The van der Waals surface area contributed by atoms with Crippen LogP contribution in [0.5, 0.6) is 0 Å². The normalized spacial score (nSPS) is 22.9. The van der Waals surface area contributed by atoms with Gasteiger partial charge < -0.3 is 10.6 Å². The highest BCUT2D eigenvalue weighted by Gasteiger charge is 2.25. The predicted molar refractivity (Wildman–Crippen MR) is 83.1 cm³/mol. The summed E-state index contributed by atoms with van der Waals surface area (Å²) in [5.74, 6) is -0.806. The first kappa shape index (κ1) is 16.6. The Morgan fingerprint density at radius 3 is 2.91 bits per heavy atom. The molecule has 1 aromatic carbocycles. The Bertz CT molecular complexity index is 547. The largest absolute Gasteiger partial charge is 0.352 e. The van der Waals surface area contributed by atoms with Gasteiger partial charge in [-0.15, -0.1) is 0 Å². The zero-order chi connectivity index (χ0) is 16.1. The van der Waals surface area contributed by atoms with E-state index in [1.807, 2.05) is 0 Å². The van der Waals surface area contributed by atoms with Gasteiger partial charge in [-0.1, -0.05) is 26.0 Å². The molecule has 3 unspecified atom stereocenters. The lowest BCUT2D eigenvalue weighted by molar-refractivity contribution is -0.122. The van der Waals surface area contributed by atoms with E-state index in [0.717, 1.165) is 19.5 Å². The molecule has 1 aliphatic rings. The molecule has 0 aromatic heterocycles. The van der Waals surface area contributed by atoms with Gasteiger partial charge in [0.15, 0.2) is 5.78 Å². The molecule has 1 aromatic rings. The van der Waals surface area contributed by atoms with Gasteiger partial charge in [0.25, 0.3) is 0 Å². The number of amides is 1. The number of nitrogens with one attached hydrogen (secondary N) is 2. The van der Waals surface area contributed by atoms with Gasteiger partial charge >= 0.3 is 0 Å². The Labute approximate surface area is 130 Å². The van der Waals surface area contributed by atoms with Crippen molar-refractivity contribution < 1.29 is 14.0 Å². The van der Waals surface area contributed by atoms with Crippen molar-refractivity contribution in [3.05, 3.63) is 35.6 Å². The molecule has 3 atom stereocenters. The van der Waals surface area contributed by atoms with Gasteiger partial charge in [-0.2, -0.15) is 0 Å². The van der Waals surface area contributed by atoms with Crippen LogP contribution in [0.3, 0.4) is 0 Å². The van der Waals surface area contributed by atoms with Crippen LogP contribution >= 0.6 is 0 Å². The van der Waals surface area contributed by atoms with Gasteiger partial charge in [0, 0.05) is 30.5 Å². The topological polar surface area (TPSA) is 58.2 Å². The molecule has 2 rings (SSSR count). The molecular formula is C17H23FN2O2. The number of hydrogen-bond acceptors (Lipinski definition) is 3. The number of piperidine rings is 1. The fourth-order valence-corrected chi connectivity index (χ4v) is 2.75. The average Bonchev–Trinajstić information content (AvgIpc) is 2.48. The summed E-state index contributed by atoms with van der Waals surface area (Å²) in [6, 6.07) is 5.70. The quantitative estimate of drug-likeness (QED) is 0.820. The van der Waals surface area contributed by atoms with Crippen LogP contribution in [0.4, 0.5) is 4.39 Å². The summed E-state index contributed by atoms with van der Waals surface area (Å²) < 4.78 is 13.2. The van der Waals surface area contributed by atoms with Crippen LogP contribution in [0.25, 0.3) is 0 Å². The van der Waals surface area contributed by atoms with E-state index in [1.165, 1.54) is 18.2 Å². The third kappa shape index (κ3) is 4.37. The molecule has 5 heteroatoms. The van der Waals surface area contributed by atoms with Gasteiger partial charge in [-0.3, -0.25) is 9.59 Å². The van der Waals surface area contributed by atoms with Gasteiger partial charge in [-0.05, 0) is 31.0 Å². The lowest BCUT2D eigenvalue weighted by atomic mass is 9.93. The highest BCUT2D eigenvalue weighted by atomic mass is 19.1. The lowest BCUT2D eigenvalue weighted by Gasteiger charge is -2.30. The first-order valence-corrected chi connectivity index (χ1v) is 7.77. The fraction of sp³-hybridized carbons (Fsp3) is 0.529.